The first-order chi connectivity index (χ1) is 29.0. The number of rotatable bonds is 4. The Morgan fingerprint density at radius 3 is 1.80 bits per heavy atom. The topological polar surface area (TPSA) is 6.48 Å². The maximum atomic E-state index is 2.63. The maximum Gasteiger partial charge on any atom is 0.333 e. The van der Waals surface area contributed by atoms with E-state index in [0.717, 1.165) is 0 Å². The SMILES string of the molecule is CC(C)(C)c1ccc(N2B3c4cc5sc6ccccc6c5cc4N(c4ccc(C(C)(C)C)cc4-c4ccccc4)c4cc(-c5ccccc5)cc(c43)-c3ccccc32)cc1. The van der Waals surface area contributed by atoms with Gasteiger partial charge in [0.2, 0.25) is 0 Å². The van der Waals surface area contributed by atoms with E-state index < -0.39 is 0 Å². The van der Waals surface area contributed by atoms with Gasteiger partial charge >= 0.3 is 6.85 Å². The van der Waals surface area contributed by atoms with Crippen molar-refractivity contribution in [2.24, 2.45) is 0 Å². The van der Waals surface area contributed by atoms with Crippen molar-refractivity contribution in [2.75, 3.05) is 9.71 Å². The molecule has 0 unspecified atom stereocenters. The Hall–Kier alpha value is -6.36. The summed E-state index contributed by atoms with van der Waals surface area (Å²) in [7, 11) is 0. The normalized spacial score (nSPS) is 13.4. The van der Waals surface area contributed by atoms with Crippen LogP contribution in [0.25, 0.3) is 53.6 Å². The molecule has 1 aromatic heterocycles. The van der Waals surface area contributed by atoms with Crippen LogP contribution in [0.3, 0.4) is 0 Å². The van der Waals surface area contributed by atoms with Gasteiger partial charge in [0, 0.05) is 54.0 Å². The minimum atomic E-state index is -0.0786. The van der Waals surface area contributed by atoms with Crippen molar-refractivity contribution < 1.29 is 0 Å². The molecule has 11 rings (SSSR count). The van der Waals surface area contributed by atoms with Gasteiger partial charge in [0.25, 0.3) is 0 Å². The summed E-state index contributed by atoms with van der Waals surface area (Å²) in [6.45, 7) is 13.8. The zero-order chi connectivity index (χ0) is 40.9. The molecule has 0 atom stereocenters. The van der Waals surface area contributed by atoms with Crippen molar-refractivity contribution in [3.05, 3.63) is 187 Å². The number of nitrogens with zero attached hydrogens (tertiary/aromatic N) is 2. The van der Waals surface area contributed by atoms with E-state index in [4.69, 9.17) is 0 Å². The van der Waals surface area contributed by atoms with E-state index in [1.807, 2.05) is 11.3 Å². The molecular formula is C56H47BN2S. The molecule has 0 radical (unpaired) electrons. The van der Waals surface area contributed by atoms with Gasteiger partial charge in [0.05, 0.1) is 5.69 Å². The number of hydrogen-bond donors (Lipinski definition) is 0. The summed E-state index contributed by atoms with van der Waals surface area (Å²) >= 11 is 1.90. The first-order valence-electron chi connectivity index (χ1n) is 21.2. The molecule has 0 bridgehead atoms. The summed E-state index contributed by atoms with van der Waals surface area (Å²) in [5.74, 6) is 0. The maximum absolute atomic E-state index is 2.63. The minimum Gasteiger partial charge on any atom is -0.376 e. The Balaban J connectivity index is 1.29. The molecule has 8 aromatic carbocycles. The van der Waals surface area contributed by atoms with E-state index >= 15 is 0 Å². The third kappa shape index (κ3) is 5.84. The van der Waals surface area contributed by atoms with Gasteiger partial charge in [-0.15, -0.1) is 11.3 Å². The predicted molar refractivity (Wildman–Crippen MR) is 261 cm³/mol. The van der Waals surface area contributed by atoms with Gasteiger partial charge in [0.15, 0.2) is 0 Å². The molecule has 0 amide bonds. The van der Waals surface area contributed by atoms with Crippen LogP contribution in [-0.2, 0) is 10.8 Å². The number of hydrogen-bond acceptors (Lipinski definition) is 3. The summed E-state index contributed by atoms with van der Waals surface area (Å²) in [6, 6.07) is 66.4. The van der Waals surface area contributed by atoms with Crippen LogP contribution in [0.2, 0.25) is 0 Å². The minimum absolute atomic E-state index is 0.0200. The quantitative estimate of drug-likeness (QED) is 0.164. The fraction of sp³-hybridized carbons (Fsp3) is 0.143. The summed E-state index contributed by atoms with van der Waals surface area (Å²) < 4.78 is 2.63. The van der Waals surface area contributed by atoms with Crippen LogP contribution in [0.15, 0.2) is 176 Å². The molecule has 0 fully saturated rings. The molecule has 0 aliphatic carbocycles. The molecule has 2 aliphatic rings. The highest BCUT2D eigenvalue weighted by Crippen LogP contribution is 2.51. The highest BCUT2D eigenvalue weighted by Gasteiger charge is 2.46. The molecule has 2 aliphatic heterocycles. The Bertz CT molecular complexity index is 3110. The molecule has 0 saturated heterocycles. The van der Waals surface area contributed by atoms with Gasteiger partial charge in [-0.05, 0) is 116 Å². The summed E-state index contributed by atoms with van der Waals surface area (Å²) in [4.78, 5) is 5.25. The molecule has 0 spiro atoms. The lowest BCUT2D eigenvalue weighted by atomic mass is 9.43. The second-order valence-electron chi connectivity index (χ2n) is 18.6. The zero-order valence-electron chi connectivity index (χ0n) is 35.1. The molecule has 60 heavy (non-hydrogen) atoms. The van der Waals surface area contributed by atoms with E-state index in [2.05, 4.69) is 227 Å². The molecule has 0 saturated carbocycles. The lowest BCUT2D eigenvalue weighted by Gasteiger charge is -2.46. The fourth-order valence-electron chi connectivity index (χ4n) is 9.64. The highest BCUT2D eigenvalue weighted by atomic mass is 32.1. The van der Waals surface area contributed by atoms with Crippen molar-refractivity contribution in [2.45, 2.75) is 52.4 Å². The molecule has 2 nitrogen and oxygen atoms in total. The number of fused-ring (bicyclic) bond motifs is 7. The molecular weight excluding hydrogens is 744 g/mol. The molecule has 4 heteroatoms. The van der Waals surface area contributed by atoms with Gasteiger partial charge in [0.1, 0.15) is 0 Å². The van der Waals surface area contributed by atoms with Crippen molar-refractivity contribution in [1.29, 1.82) is 0 Å². The molecule has 0 N–H and O–H groups in total. The molecule has 9 aromatic rings. The van der Waals surface area contributed by atoms with Gasteiger partial charge < -0.3 is 9.71 Å². The Morgan fingerprint density at radius 2 is 1.07 bits per heavy atom. The van der Waals surface area contributed by atoms with Crippen molar-refractivity contribution in [3.63, 3.8) is 0 Å². The van der Waals surface area contributed by atoms with Gasteiger partial charge in [-0.25, -0.2) is 0 Å². The summed E-state index contributed by atoms with van der Waals surface area (Å²) in [5, 5.41) is 2.60. The zero-order valence-corrected chi connectivity index (χ0v) is 35.9. The largest absolute Gasteiger partial charge is 0.376 e. The van der Waals surface area contributed by atoms with Crippen LogP contribution in [-0.4, -0.2) is 6.85 Å². The monoisotopic (exact) mass is 790 g/mol. The number of anilines is 5. The third-order valence-corrected chi connectivity index (χ3v) is 13.9. The number of benzene rings is 8. The van der Waals surface area contributed by atoms with E-state index in [0.29, 0.717) is 0 Å². The number of thiophene rings is 1. The Labute approximate surface area is 358 Å². The predicted octanol–water partition coefficient (Wildman–Crippen LogP) is 14.7. The Kier molecular flexibility index (Phi) is 8.31. The van der Waals surface area contributed by atoms with Crippen molar-refractivity contribution in [3.8, 4) is 33.4 Å². The van der Waals surface area contributed by atoms with Crippen LogP contribution in [0, 0.1) is 0 Å². The van der Waals surface area contributed by atoms with Crippen molar-refractivity contribution in [1.82, 2.24) is 0 Å². The van der Waals surface area contributed by atoms with Crippen LogP contribution < -0.4 is 20.6 Å². The summed E-state index contributed by atoms with van der Waals surface area (Å²) in [5.41, 5.74) is 18.8. The van der Waals surface area contributed by atoms with Gasteiger partial charge in [-0.3, -0.25) is 0 Å². The first kappa shape index (κ1) is 36.7. The van der Waals surface area contributed by atoms with E-state index in [9.17, 15) is 0 Å². The second-order valence-corrected chi connectivity index (χ2v) is 19.7. The van der Waals surface area contributed by atoms with Crippen LogP contribution in [0.1, 0.15) is 52.7 Å². The van der Waals surface area contributed by atoms with E-state index in [-0.39, 0.29) is 17.7 Å². The lowest BCUT2D eigenvalue weighted by Crippen LogP contribution is -2.61. The second kappa shape index (κ2) is 13.6. The molecule has 290 valence electrons. The van der Waals surface area contributed by atoms with Gasteiger partial charge in [-0.2, -0.15) is 0 Å². The van der Waals surface area contributed by atoms with E-state index in [1.54, 1.807) is 0 Å². The highest BCUT2D eigenvalue weighted by molar-refractivity contribution is 7.26. The standard InChI is InChI=1S/C56H47BN2S/c1-55(2,3)39-25-28-41(29-26-39)59-49-23-15-13-21-42(49)46-31-38(36-17-9-7-10-18-36)32-51-54(46)57(59)47-35-53-45(43-22-14-16-24-52(43)60-53)34-50(47)58(51)48-30-27-40(56(4,5)6)33-44(48)37-19-11-8-12-20-37/h7-35H,1-6H3. The smallest absolute Gasteiger partial charge is 0.333 e. The van der Waals surface area contributed by atoms with E-state index in [1.165, 1.54) is 104 Å². The van der Waals surface area contributed by atoms with Crippen LogP contribution >= 0.6 is 11.3 Å². The van der Waals surface area contributed by atoms with Crippen molar-refractivity contribution >= 4 is 77.7 Å². The number of para-hydroxylation sites is 1. The van der Waals surface area contributed by atoms with Crippen LogP contribution in [0.4, 0.5) is 28.4 Å². The lowest BCUT2D eigenvalue weighted by molar-refractivity contribution is 0.590. The summed E-state index contributed by atoms with van der Waals surface area (Å²) in [6.07, 6.45) is 0. The average Bonchev–Trinajstić information content (AvgIpc) is 3.63. The Morgan fingerprint density at radius 1 is 0.417 bits per heavy atom. The molecule has 3 heterocycles. The third-order valence-electron chi connectivity index (χ3n) is 12.8. The van der Waals surface area contributed by atoms with Crippen LogP contribution in [0.5, 0.6) is 0 Å². The first-order valence-corrected chi connectivity index (χ1v) is 22.0. The average molecular weight is 791 g/mol. The fourth-order valence-corrected chi connectivity index (χ4v) is 10.8. The van der Waals surface area contributed by atoms with Gasteiger partial charge in [-0.1, -0.05) is 157 Å².